The molecule has 2 atom stereocenters. The van der Waals surface area contributed by atoms with Crippen molar-refractivity contribution in [3.63, 3.8) is 0 Å². The number of pyridine rings is 1. The number of hydrogen-bond donors (Lipinski definition) is 3. The molecule has 1 amide bonds. The molecule has 2 aliphatic rings. The molecule has 0 spiro atoms. The average Bonchev–Trinajstić information content (AvgIpc) is 3.71. The second-order valence-electron chi connectivity index (χ2n) is 12.3. The molecule has 1 fully saturated rings. The summed E-state index contributed by atoms with van der Waals surface area (Å²) in [5.41, 5.74) is 6.33. The van der Waals surface area contributed by atoms with Crippen LogP contribution < -0.4 is 31.9 Å². The molecule has 0 unspecified atom stereocenters. The fourth-order valence-electron chi connectivity index (χ4n) is 6.84. The fourth-order valence-corrected chi connectivity index (χ4v) is 7.16. The number of rotatable bonds is 8. The number of methoxy groups -OCH3 is 1. The van der Waals surface area contributed by atoms with Crippen LogP contribution in [-0.4, -0.2) is 49.7 Å². The molecule has 246 valence electrons. The monoisotopic (exact) mass is 666 g/mol. The third kappa shape index (κ3) is 5.40. The molecule has 3 aromatic heterocycles. The van der Waals surface area contributed by atoms with E-state index in [9.17, 15) is 14.4 Å². The van der Waals surface area contributed by atoms with Gasteiger partial charge in [-0.2, -0.15) is 0 Å². The van der Waals surface area contributed by atoms with E-state index in [0.29, 0.717) is 29.7 Å². The van der Waals surface area contributed by atoms with Crippen LogP contribution in [0.15, 0.2) is 58.4 Å². The van der Waals surface area contributed by atoms with E-state index in [0.717, 1.165) is 68.6 Å². The van der Waals surface area contributed by atoms with E-state index in [2.05, 4.69) is 32.0 Å². The van der Waals surface area contributed by atoms with Crippen molar-refractivity contribution in [2.24, 2.45) is 14.1 Å². The number of amides is 1. The third-order valence-corrected chi connectivity index (χ3v) is 9.85. The summed E-state index contributed by atoms with van der Waals surface area (Å²) in [6.07, 6.45) is 4.52. The molecule has 1 saturated heterocycles. The maximum Gasteiger partial charge on any atom is 0.332 e. The number of fused-ring (bicyclic) bond motifs is 2. The van der Waals surface area contributed by atoms with Gasteiger partial charge in [0, 0.05) is 61.5 Å². The third-order valence-electron chi connectivity index (χ3n) is 9.44. The summed E-state index contributed by atoms with van der Waals surface area (Å²) in [7, 11) is 4.64. The first-order valence-corrected chi connectivity index (χ1v) is 16.2. The molecule has 1 aliphatic heterocycles. The summed E-state index contributed by atoms with van der Waals surface area (Å²) in [4.78, 5) is 50.7. The van der Waals surface area contributed by atoms with Gasteiger partial charge in [0.05, 0.1) is 17.8 Å². The van der Waals surface area contributed by atoms with E-state index in [1.54, 1.807) is 14.2 Å². The van der Waals surface area contributed by atoms with Gasteiger partial charge in [-0.05, 0) is 55.0 Å². The Labute approximate surface area is 281 Å². The smallest absolute Gasteiger partial charge is 0.332 e. The first-order valence-electron chi connectivity index (χ1n) is 15.8. The number of ether oxygens (including phenoxy) is 1. The van der Waals surface area contributed by atoms with Crippen molar-refractivity contribution in [2.45, 2.75) is 44.7 Å². The van der Waals surface area contributed by atoms with E-state index in [-0.39, 0.29) is 29.0 Å². The van der Waals surface area contributed by atoms with E-state index in [1.807, 2.05) is 43.3 Å². The first-order chi connectivity index (χ1) is 23.2. The van der Waals surface area contributed by atoms with Gasteiger partial charge in [0.15, 0.2) is 5.65 Å². The van der Waals surface area contributed by atoms with Crippen LogP contribution in [-0.2, 0) is 25.3 Å². The van der Waals surface area contributed by atoms with Gasteiger partial charge in [-0.15, -0.1) is 0 Å². The van der Waals surface area contributed by atoms with E-state index in [1.165, 1.54) is 17.9 Å². The molecule has 48 heavy (non-hydrogen) atoms. The van der Waals surface area contributed by atoms with Crippen LogP contribution >= 0.6 is 11.6 Å². The normalized spacial score (nSPS) is 17.1. The van der Waals surface area contributed by atoms with Gasteiger partial charge in [0.25, 0.3) is 5.56 Å². The highest BCUT2D eigenvalue weighted by atomic mass is 35.5. The van der Waals surface area contributed by atoms with Crippen LogP contribution in [0.1, 0.15) is 42.0 Å². The van der Waals surface area contributed by atoms with Gasteiger partial charge >= 0.3 is 5.69 Å². The summed E-state index contributed by atoms with van der Waals surface area (Å²) >= 11 is 7.18. The van der Waals surface area contributed by atoms with Crippen LogP contribution in [0.2, 0.25) is 5.02 Å². The molecule has 3 N–H and O–H groups in total. The Kier molecular flexibility index (Phi) is 8.22. The highest BCUT2D eigenvalue weighted by molar-refractivity contribution is 6.36. The molecule has 0 radical (unpaired) electrons. The van der Waals surface area contributed by atoms with Crippen LogP contribution in [0.3, 0.4) is 0 Å². The molecular weight excluding hydrogens is 632 g/mol. The lowest BCUT2D eigenvalue weighted by Crippen LogP contribution is -2.37. The Bertz CT molecular complexity index is 2230. The summed E-state index contributed by atoms with van der Waals surface area (Å²) in [5, 5.41) is 10.7. The van der Waals surface area contributed by atoms with E-state index < -0.39 is 11.2 Å². The number of nitrogens with one attached hydrogen (secondary N) is 3. The van der Waals surface area contributed by atoms with E-state index in [4.69, 9.17) is 21.3 Å². The molecule has 1 aliphatic carbocycles. The summed E-state index contributed by atoms with van der Waals surface area (Å²) in [6.45, 7) is 2.67. The van der Waals surface area contributed by atoms with Gasteiger partial charge in [-0.25, -0.2) is 19.7 Å². The molecule has 4 heterocycles. The van der Waals surface area contributed by atoms with Crippen LogP contribution in [0, 0.1) is 6.92 Å². The SMILES string of the molecule is COc1nc(-c2cccc(-c3cccc(Nc4ncnc5c4c(=O)n(C)c(=O)n5C)c3C)c2Cl)cc2c1[C@@H](NC[C@@H]1CCC(=O)N1)CC2. The highest BCUT2D eigenvalue weighted by Gasteiger charge is 2.30. The number of carbonyl (C=O) groups excluding carboxylic acids is 1. The van der Waals surface area contributed by atoms with Gasteiger partial charge in [-0.1, -0.05) is 41.9 Å². The molecule has 2 aromatic carbocycles. The number of nitrogens with zero attached hydrogens (tertiary/aromatic N) is 5. The minimum Gasteiger partial charge on any atom is -0.481 e. The van der Waals surface area contributed by atoms with Crippen molar-refractivity contribution in [1.29, 1.82) is 0 Å². The maximum atomic E-state index is 13.1. The Morgan fingerprint density at radius 1 is 1.00 bits per heavy atom. The first kappa shape index (κ1) is 31.5. The predicted octanol–water partition coefficient (Wildman–Crippen LogP) is 4.33. The predicted molar refractivity (Wildman–Crippen MR) is 185 cm³/mol. The molecule has 0 bridgehead atoms. The minimum atomic E-state index is -0.484. The zero-order valence-corrected chi connectivity index (χ0v) is 27.8. The zero-order valence-electron chi connectivity index (χ0n) is 27.1. The lowest BCUT2D eigenvalue weighted by atomic mass is 9.96. The number of halogens is 1. The molecule has 0 saturated carbocycles. The number of benzene rings is 2. The van der Waals surface area contributed by atoms with Gasteiger partial charge in [-0.3, -0.25) is 18.7 Å². The molecule has 7 rings (SSSR count). The van der Waals surface area contributed by atoms with Crippen molar-refractivity contribution in [3.05, 3.63) is 91.3 Å². The summed E-state index contributed by atoms with van der Waals surface area (Å²) in [5.74, 6) is 0.972. The van der Waals surface area contributed by atoms with Gasteiger partial charge < -0.3 is 20.7 Å². The quantitative estimate of drug-likeness (QED) is 0.220. The van der Waals surface area contributed by atoms with Crippen molar-refractivity contribution in [2.75, 3.05) is 19.0 Å². The lowest BCUT2D eigenvalue weighted by Gasteiger charge is -2.20. The average molecular weight is 667 g/mol. The number of hydrogen-bond acceptors (Lipinski definition) is 9. The van der Waals surface area contributed by atoms with Crippen molar-refractivity contribution in [1.82, 2.24) is 34.7 Å². The molecule has 12 nitrogen and oxygen atoms in total. The summed E-state index contributed by atoms with van der Waals surface area (Å²) < 4.78 is 8.19. The van der Waals surface area contributed by atoms with Gasteiger partial charge in [0.1, 0.15) is 17.5 Å². The minimum absolute atomic E-state index is 0.0887. The Morgan fingerprint density at radius 2 is 1.77 bits per heavy atom. The standard InChI is InChI=1S/C35H35ClN8O4/c1-18-21(7-6-10-24(18)41-31-29-32(39-17-38-31)43(2)35(47)44(3)34(29)46)22-8-5-9-23(30(22)36)26-15-19-11-13-25(28(19)33(42-26)48-4)37-16-20-12-14-27(45)40-20/h5-10,15,17,20,25,37H,11-14,16H2,1-4H3,(H,40,45)(H,38,39,41)/t20-,25-/m0/s1. The van der Waals surface area contributed by atoms with Crippen molar-refractivity contribution >= 4 is 40.0 Å². The molecular formula is C35H35ClN8O4. The number of anilines is 2. The zero-order chi connectivity index (χ0) is 33.7. The van der Waals surface area contributed by atoms with E-state index >= 15 is 0 Å². The molecule has 13 heteroatoms. The van der Waals surface area contributed by atoms with Crippen molar-refractivity contribution < 1.29 is 9.53 Å². The topological polar surface area (TPSA) is 145 Å². The summed E-state index contributed by atoms with van der Waals surface area (Å²) in [6, 6.07) is 14.0. The Balaban J connectivity index is 1.22. The number of aryl methyl sites for hydroxylation is 2. The second kappa shape index (κ2) is 12.5. The number of carbonyl (C=O) groups is 1. The highest BCUT2D eigenvalue weighted by Crippen LogP contribution is 2.43. The molecule has 5 aromatic rings. The van der Waals surface area contributed by atoms with Crippen LogP contribution in [0.5, 0.6) is 5.88 Å². The Hall–Kier alpha value is -5.07. The van der Waals surface area contributed by atoms with Crippen LogP contribution in [0.4, 0.5) is 11.5 Å². The van der Waals surface area contributed by atoms with Crippen LogP contribution in [0.25, 0.3) is 33.4 Å². The largest absolute Gasteiger partial charge is 0.481 e. The lowest BCUT2D eigenvalue weighted by molar-refractivity contribution is -0.119. The van der Waals surface area contributed by atoms with Gasteiger partial charge in [0.2, 0.25) is 11.8 Å². The maximum absolute atomic E-state index is 13.1. The fraction of sp³-hybridized carbons (Fsp3) is 0.314. The van der Waals surface area contributed by atoms with Crippen molar-refractivity contribution in [3.8, 4) is 28.3 Å². The number of aromatic nitrogens is 5. The second-order valence-corrected chi connectivity index (χ2v) is 12.7. The Morgan fingerprint density at radius 3 is 2.54 bits per heavy atom.